The van der Waals surface area contributed by atoms with Crippen molar-refractivity contribution in [2.75, 3.05) is 6.54 Å². The molecule has 0 saturated carbocycles. The van der Waals surface area contributed by atoms with Gasteiger partial charge in [-0.25, -0.2) is 0 Å². The molecule has 2 aromatic carbocycles. The van der Waals surface area contributed by atoms with Crippen molar-refractivity contribution in [2.24, 2.45) is 0 Å². The molecule has 0 spiro atoms. The summed E-state index contributed by atoms with van der Waals surface area (Å²) >= 11 is 0. The molecule has 1 atom stereocenters. The third kappa shape index (κ3) is 3.68. The molecule has 0 fully saturated rings. The summed E-state index contributed by atoms with van der Waals surface area (Å²) in [5.41, 5.74) is 2.69. The Bertz CT molecular complexity index is 565. The highest BCUT2D eigenvalue weighted by molar-refractivity contribution is 5.83. The smallest absolute Gasteiger partial charge is 0.0508 e. The minimum absolute atomic E-state index is 0.314. The van der Waals surface area contributed by atoms with Crippen molar-refractivity contribution in [3.8, 4) is 0 Å². The Morgan fingerprint density at radius 2 is 1.84 bits per heavy atom. The van der Waals surface area contributed by atoms with E-state index < -0.39 is 0 Å². The monoisotopic (exact) mass is 253 g/mol. The fraction of sp³-hybridized carbons (Fsp3) is 0.333. The van der Waals surface area contributed by atoms with Gasteiger partial charge >= 0.3 is 0 Å². The second kappa shape index (κ2) is 6.53. The van der Waals surface area contributed by atoms with Crippen molar-refractivity contribution in [3.63, 3.8) is 0 Å². The summed E-state index contributed by atoms with van der Waals surface area (Å²) in [6.45, 7) is 7.55. The molecule has 0 heterocycles. The molecule has 19 heavy (non-hydrogen) atoms. The average Bonchev–Trinajstić information content (AvgIpc) is 2.42. The molecule has 0 aliphatic carbocycles. The van der Waals surface area contributed by atoms with Gasteiger partial charge < -0.3 is 5.32 Å². The first-order valence-corrected chi connectivity index (χ1v) is 7.08. The van der Waals surface area contributed by atoms with Gasteiger partial charge in [0.1, 0.15) is 0 Å². The summed E-state index contributed by atoms with van der Waals surface area (Å²) in [5, 5.41) is 6.22. The molecule has 2 aromatic rings. The lowest BCUT2D eigenvalue weighted by Crippen LogP contribution is -2.20. The van der Waals surface area contributed by atoms with Gasteiger partial charge in [0.15, 0.2) is 0 Å². The van der Waals surface area contributed by atoms with Gasteiger partial charge in [0, 0.05) is 0 Å². The van der Waals surface area contributed by atoms with Crippen LogP contribution in [0.3, 0.4) is 0 Å². The van der Waals surface area contributed by atoms with E-state index in [9.17, 15) is 0 Å². The first kappa shape index (κ1) is 13.8. The van der Waals surface area contributed by atoms with Gasteiger partial charge in [-0.2, -0.15) is 0 Å². The van der Waals surface area contributed by atoms with Gasteiger partial charge in [0.25, 0.3) is 0 Å². The van der Waals surface area contributed by atoms with E-state index >= 15 is 0 Å². The molecular weight excluding hydrogens is 230 g/mol. The number of hydrogen-bond acceptors (Lipinski definition) is 1. The third-order valence-electron chi connectivity index (χ3n) is 3.25. The van der Waals surface area contributed by atoms with E-state index in [2.05, 4.69) is 74.6 Å². The van der Waals surface area contributed by atoms with Crippen LogP contribution in [-0.4, -0.2) is 6.54 Å². The standard InChI is InChI=1S/C18H23N/c1-4-11-19-18(12-14(2)3)17-10-9-15-7-5-6-8-16(15)13-17/h5-10,12-13,18-19H,4,11H2,1-3H3. The zero-order valence-electron chi connectivity index (χ0n) is 12.1. The van der Waals surface area contributed by atoms with Crippen LogP contribution in [0.5, 0.6) is 0 Å². The van der Waals surface area contributed by atoms with Gasteiger partial charge in [-0.1, -0.05) is 55.0 Å². The van der Waals surface area contributed by atoms with Gasteiger partial charge in [0.05, 0.1) is 6.04 Å². The van der Waals surface area contributed by atoms with E-state index in [0.29, 0.717) is 6.04 Å². The molecule has 0 radical (unpaired) electrons. The Hall–Kier alpha value is -1.60. The lowest BCUT2D eigenvalue weighted by molar-refractivity contribution is 0.610. The van der Waals surface area contributed by atoms with E-state index in [0.717, 1.165) is 13.0 Å². The molecule has 1 unspecified atom stereocenters. The van der Waals surface area contributed by atoms with Crippen LogP contribution < -0.4 is 5.32 Å². The normalized spacial score (nSPS) is 12.4. The summed E-state index contributed by atoms with van der Waals surface area (Å²) in [5.74, 6) is 0. The van der Waals surface area contributed by atoms with Crippen LogP contribution in [0.25, 0.3) is 10.8 Å². The summed E-state index contributed by atoms with van der Waals surface area (Å²) in [7, 11) is 0. The van der Waals surface area contributed by atoms with Crippen LogP contribution in [-0.2, 0) is 0 Å². The molecule has 0 aromatic heterocycles. The van der Waals surface area contributed by atoms with Gasteiger partial charge in [-0.15, -0.1) is 0 Å². The van der Waals surface area contributed by atoms with Crippen LogP contribution in [0.15, 0.2) is 54.1 Å². The van der Waals surface area contributed by atoms with Crippen molar-refractivity contribution in [2.45, 2.75) is 33.2 Å². The maximum atomic E-state index is 3.61. The molecule has 2 rings (SSSR count). The molecule has 100 valence electrons. The Morgan fingerprint density at radius 1 is 1.11 bits per heavy atom. The maximum absolute atomic E-state index is 3.61. The Kier molecular flexibility index (Phi) is 4.75. The molecule has 1 nitrogen and oxygen atoms in total. The lowest BCUT2D eigenvalue weighted by atomic mass is 10.0. The van der Waals surface area contributed by atoms with E-state index in [1.807, 2.05) is 0 Å². The first-order chi connectivity index (χ1) is 9.20. The number of fused-ring (bicyclic) bond motifs is 1. The third-order valence-corrected chi connectivity index (χ3v) is 3.25. The molecular formula is C18H23N. The van der Waals surface area contributed by atoms with Crippen molar-refractivity contribution in [1.82, 2.24) is 5.32 Å². The van der Waals surface area contributed by atoms with E-state index in [-0.39, 0.29) is 0 Å². The number of benzene rings is 2. The SMILES string of the molecule is CCCNC(C=C(C)C)c1ccc2ccccc2c1. The average molecular weight is 253 g/mol. The molecule has 0 saturated heterocycles. The molecule has 1 heteroatoms. The Balaban J connectivity index is 2.34. The minimum atomic E-state index is 0.314. The van der Waals surface area contributed by atoms with Crippen molar-refractivity contribution in [3.05, 3.63) is 59.7 Å². The summed E-state index contributed by atoms with van der Waals surface area (Å²) in [6, 6.07) is 15.6. The summed E-state index contributed by atoms with van der Waals surface area (Å²) in [4.78, 5) is 0. The summed E-state index contributed by atoms with van der Waals surface area (Å²) < 4.78 is 0. The van der Waals surface area contributed by atoms with Gasteiger partial charge in [-0.05, 0) is 49.2 Å². The topological polar surface area (TPSA) is 12.0 Å². The van der Waals surface area contributed by atoms with Crippen LogP contribution in [0, 0.1) is 0 Å². The zero-order valence-corrected chi connectivity index (χ0v) is 12.1. The molecule has 0 amide bonds. The zero-order chi connectivity index (χ0) is 13.7. The van der Waals surface area contributed by atoms with E-state index in [1.165, 1.54) is 21.9 Å². The van der Waals surface area contributed by atoms with Crippen LogP contribution in [0.1, 0.15) is 38.8 Å². The second-order valence-electron chi connectivity index (χ2n) is 5.28. The van der Waals surface area contributed by atoms with Gasteiger partial charge in [-0.3, -0.25) is 0 Å². The number of nitrogens with one attached hydrogen (secondary N) is 1. The fourth-order valence-corrected chi connectivity index (χ4v) is 2.31. The predicted octanol–water partition coefficient (Wildman–Crippen LogP) is 4.85. The molecule has 0 aliphatic rings. The summed E-state index contributed by atoms with van der Waals surface area (Å²) in [6.07, 6.45) is 3.46. The minimum Gasteiger partial charge on any atom is -0.307 e. The highest BCUT2D eigenvalue weighted by Gasteiger charge is 2.07. The van der Waals surface area contributed by atoms with Crippen molar-refractivity contribution >= 4 is 10.8 Å². The van der Waals surface area contributed by atoms with Crippen LogP contribution >= 0.6 is 0 Å². The van der Waals surface area contributed by atoms with E-state index in [4.69, 9.17) is 0 Å². The highest BCUT2D eigenvalue weighted by atomic mass is 14.9. The molecule has 1 N–H and O–H groups in total. The molecule has 0 bridgehead atoms. The number of rotatable bonds is 5. The lowest BCUT2D eigenvalue weighted by Gasteiger charge is -2.16. The maximum Gasteiger partial charge on any atom is 0.0508 e. The Morgan fingerprint density at radius 3 is 2.53 bits per heavy atom. The first-order valence-electron chi connectivity index (χ1n) is 7.08. The highest BCUT2D eigenvalue weighted by Crippen LogP contribution is 2.22. The number of allylic oxidation sites excluding steroid dienone is 1. The largest absolute Gasteiger partial charge is 0.307 e. The van der Waals surface area contributed by atoms with Crippen molar-refractivity contribution < 1.29 is 0 Å². The van der Waals surface area contributed by atoms with Crippen molar-refractivity contribution in [1.29, 1.82) is 0 Å². The Labute approximate surface area is 116 Å². The second-order valence-corrected chi connectivity index (χ2v) is 5.28. The van der Waals surface area contributed by atoms with Gasteiger partial charge in [0.2, 0.25) is 0 Å². The van der Waals surface area contributed by atoms with Crippen LogP contribution in [0.4, 0.5) is 0 Å². The predicted molar refractivity (Wildman–Crippen MR) is 84.4 cm³/mol. The molecule has 0 aliphatic heterocycles. The fourth-order valence-electron chi connectivity index (χ4n) is 2.31. The van der Waals surface area contributed by atoms with E-state index in [1.54, 1.807) is 0 Å². The quantitative estimate of drug-likeness (QED) is 0.751. The number of hydrogen-bond donors (Lipinski definition) is 1. The van der Waals surface area contributed by atoms with Crippen LogP contribution in [0.2, 0.25) is 0 Å².